The molecule has 0 bridgehead atoms. The number of aliphatic hydroxyl groups excluding tert-OH is 1. The highest BCUT2D eigenvalue weighted by molar-refractivity contribution is 5.82. The number of hydrogen-bond acceptors (Lipinski definition) is 6. The predicted molar refractivity (Wildman–Crippen MR) is 136 cm³/mol. The third-order valence-corrected chi connectivity index (χ3v) is 5.57. The highest BCUT2D eigenvalue weighted by Gasteiger charge is 2.23. The van der Waals surface area contributed by atoms with E-state index in [1.54, 1.807) is 12.1 Å². The number of aryl methyl sites for hydroxylation is 1. The number of benzene rings is 2. The molecular weight excluding hydrogens is 462 g/mol. The van der Waals surface area contributed by atoms with Crippen LogP contribution in [-0.2, 0) is 27.3 Å². The van der Waals surface area contributed by atoms with Gasteiger partial charge >= 0.3 is 12.2 Å². The van der Waals surface area contributed by atoms with E-state index in [2.05, 4.69) is 10.6 Å². The SMILES string of the molecule is CCCCOC(=O)NC(O)CC(C(N)=O)c1ccc(CCCCNC(=O)OCc2ccccc2)cc1. The molecule has 2 rings (SSSR count). The molecule has 0 aliphatic rings. The number of primary amides is 1. The molecule has 3 amide bonds. The number of amides is 3. The molecule has 9 heteroatoms. The van der Waals surface area contributed by atoms with Crippen molar-refractivity contribution in [1.82, 2.24) is 10.6 Å². The summed E-state index contributed by atoms with van der Waals surface area (Å²) in [7, 11) is 0. The van der Waals surface area contributed by atoms with E-state index in [-0.39, 0.29) is 19.6 Å². The van der Waals surface area contributed by atoms with Gasteiger partial charge in [0.2, 0.25) is 5.91 Å². The lowest BCUT2D eigenvalue weighted by Crippen LogP contribution is -2.38. The van der Waals surface area contributed by atoms with Crippen molar-refractivity contribution in [1.29, 1.82) is 0 Å². The van der Waals surface area contributed by atoms with E-state index < -0.39 is 30.2 Å². The number of aliphatic hydroxyl groups is 1. The van der Waals surface area contributed by atoms with Crippen molar-refractivity contribution in [3.05, 3.63) is 71.3 Å². The summed E-state index contributed by atoms with van der Waals surface area (Å²) in [6.45, 7) is 3.00. The van der Waals surface area contributed by atoms with Gasteiger partial charge < -0.3 is 25.6 Å². The van der Waals surface area contributed by atoms with Gasteiger partial charge in [0.05, 0.1) is 12.5 Å². The van der Waals surface area contributed by atoms with Gasteiger partial charge in [-0.2, -0.15) is 0 Å². The minimum absolute atomic E-state index is 0.0520. The Hall–Kier alpha value is -3.59. The molecule has 0 spiro atoms. The number of carbonyl (C=O) groups is 3. The van der Waals surface area contributed by atoms with Crippen LogP contribution in [0.5, 0.6) is 0 Å². The van der Waals surface area contributed by atoms with Crippen molar-refractivity contribution in [2.24, 2.45) is 5.73 Å². The molecule has 0 aromatic heterocycles. The fourth-order valence-electron chi connectivity index (χ4n) is 3.52. The number of ether oxygens (including phenoxy) is 2. The maximum atomic E-state index is 12.0. The molecule has 2 aromatic rings. The Morgan fingerprint density at radius 1 is 0.917 bits per heavy atom. The Balaban J connectivity index is 1.70. The molecule has 36 heavy (non-hydrogen) atoms. The molecule has 2 aromatic carbocycles. The van der Waals surface area contributed by atoms with Gasteiger partial charge in [0.1, 0.15) is 12.8 Å². The first kappa shape index (κ1) is 28.6. The predicted octanol–water partition coefficient (Wildman–Crippen LogP) is 3.74. The summed E-state index contributed by atoms with van der Waals surface area (Å²) in [6.07, 6.45) is 1.59. The number of nitrogens with one attached hydrogen (secondary N) is 2. The molecule has 5 N–H and O–H groups in total. The smallest absolute Gasteiger partial charge is 0.409 e. The largest absolute Gasteiger partial charge is 0.450 e. The molecule has 196 valence electrons. The molecular formula is C27H37N3O6. The molecule has 0 saturated heterocycles. The van der Waals surface area contributed by atoms with Gasteiger partial charge in [-0.15, -0.1) is 0 Å². The normalized spacial score (nSPS) is 12.3. The fourth-order valence-corrected chi connectivity index (χ4v) is 3.52. The van der Waals surface area contributed by atoms with Gasteiger partial charge in [0, 0.05) is 13.0 Å². The molecule has 9 nitrogen and oxygen atoms in total. The van der Waals surface area contributed by atoms with E-state index in [9.17, 15) is 19.5 Å². The van der Waals surface area contributed by atoms with Crippen LogP contribution in [0, 0.1) is 0 Å². The highest BCUT2D eigenvalue weighted by atomic mass is 16.6. The Kier molecular flexibility index (Phi) is 12.9. The second kappa shape index (κ2) is 16.1. The van der Waals surface area contributed by atoms with Crippen molar-refractivity contribution in [3.8, 4) is 0 Å². The van der Waals surface area contributed by atoms with Gasteiger partial charge in [-0.3, -0.25) is 10.1 Å². The lowest BCUT2D eigenvalue weighted by molar-refractivity contribution is -0.120. The van der Waals surface area contributed by atoms with E-state index in [4.69, 9.17) is 15.2 Å². The van der Waals surface area contributed by atoms with Gasteiger partial charge in [0.15, 0.2) is 0 Å². The molecule has 0 saturated carbocycles. The summed E-state index contributed by atoms with van der Waals surface area (Å²) in [5.74, 6) is -1.34. The van der Waals surface area contributed by atoms with E-state index in [1.807, 2.05) is 49.4 Å². The zero-order valence-corrected chi connectivity index (χ0v) is 20.8. The third kappa shape index (κ3) is 11.2. The van der Waals surface area contributed by atoms with Crippen LogP contribution in [-0.4, -0.2) is 42.6 Å². The number of nitrogens with two attached hydrogens (primary N) is 1. The first-order chi connectivity index (χ1) is 17.4. The molecule has 0 radical (unpaired) electrons. The number of carbonyl (C=O) groups excluding carboxylic acids is 3. The van der Waals surface area contributed by atoms with Crippen molar-refractivity contribution in [2.45, 2.75) is 64.2 Å². The Morgan fingerprint density at radius 2 is 1.64 bits per heavy atom. The number of rotatable bonds is 15. The van der Waals surface area contributed by atoms with Crippen LogP contribution in [0.15, 0.2) is 54.6 Å². The van der Waals surface area contributed by atoms with E-state index >= 15 is 0 Å². The molecule has 0 aliphatic carbocycles. The first-order valence-corrected chi connectivity index (χ1v) is 12.3. The monoisotopic (exact) mass is 499 g/mol. The first-order valence-electron chi connectivity index (χ1n) is 12.3. The topological polar surface area (TPSA) is 140 Å². The summed E-state index contributed by atoms with van der Waals surface area (Å²) in [5, 5.41) is 15.2. The number of alkyl carbamates (subject to hydrolysis) is 2. The second-order valence-corrected chi connectivity index (χ2v) is 8.53. The minimum Gasteiger partial charge on any atom is -0.450 e. The van der Waals surface area contributed by atoms with Crippen LogP contribution in [0.3, 0.4) is 0 Å². The molecule has 2 unspecified atom stereocenters. The van der Waals surface area contributed by atoms with E-state index in [0.29, 0.717) is 12.1 Å². The van der Waals surface area contributed by atoms with E-state index in [0.717, 1.165) is 43.2 Å². The molecule has 0 aliphatic heterocycles. The lowest BCUT2D eigenvalue weighted by Gasteiger charge is -2.19. The summed E-state index contributed by atoms with van der Waals surface area (Å²) >= 11 is 0. The average Bonchev–Trinajstić information content (AvgIpc) is 2.87. The maximum absolute atomic E-state index is 12.0. The van der Waals surface area contributed by atoms with Crippen LogP contribution in [0.2, 0.25) is 0 Å². The van der Waals surface area contributed by atoms with Crippen LogP contribution >= 0.6 is 0 Å². The number of hydrogen-bond donors (Lipinski definition) is 4. The summed E-state index contributed by atoms with van der Waals surface area (Å²) < 4.78 is 10.1. The minimum atomic E-state index is -1.26. The summed E-state index contributed by atoms with van der Waals surface area (Å²) in [4.78, 5) is 35.4. The fraction of sp³-hybridized carbons (Fsp3) is 0.444. The number of unbranched alkanes of at least 4 members (excludes halogenated alkanes) is 2. The Morgan fingerprint density at radius 3 is 2.31 bits per heavy atom. The van der Waals surface area contributed by atoms with E-state index in [1.165, 1.54) is 0 Å². The zero-order chi connectivity index (χ0) is 26.2. The van der Waals surface area contributed by atoms with Crippen molar-refractivity contribution < 1.29 is 29.0 Å². The molecule has 0 fully saturated rings. The van der Waals surface area contributed by atoms with Crippen LogP contribution in [0.1, 0.15) is 61.6 Å². The molecule has 2 atom stereocenters. The van der Waals surface area contributed by atoms with Crippen LogP contribution < -0.4 is 16.4 Å². The average molecular weight is 500 g/mol. The van der Waals surface area contributed by atoms with Gasteiger partial charge in [-0.1, -0.05) is 67.9 Å². The second-order valence-electron chi connectivity index (χ2n) is 8.53. The summed E-state index contributed by atoms with van der Waals surface area (Å²) in [6, 6.07) is 16.9. The van der Waals surface area contributed by atoms with Crippen LogP contribution in [0.25, 0.3) is 0 Å². The standard InChI is InChI=1S/C27H37N3O6/c1-2-3-17-35-27(34)30-24(31)18-23(25(28)32)22-14-12-20(13-15-22)9-7-8-16-29-26(33)36-19-21-10-5-4-6-11-21/h4-6,10-15,23-24,31H,2-3,7-9,16-19H2,1H3,(H2,28,32)(H,29,33)(H,30,34). The quantitative estimate of drug-likeness (QED) is 0.217. The van der Waals surface area contributed by atoms with Crippen molar-refractivity contribution in [2.75, 3.05) is 13.2 Å². The lowest BCUT2D eigenvalue weighted by atomic mass is 9.93. The summed E-state index contributed by atoms with van der Waals surface area (Å²) in [5.41, 5.74) is 8.21. The Labute approximate surface area is 212 Å². The van der Waals surface area contributed by atoms with Crippen LogP contribution in [0.4, 0.5) is 9.59 Å². The van der Waals surface area contributed by atoms with Crippen molar-refractivity contribution in [3.63, 3.8) is 0 Å². The highest BCUT2D eigenvalue weighted by Crippen LogP contribution is 2.22. The third-order valence-electron chi connectivity index (χ3n) is 5.57. The van der Waals surface area contributed by atoms with Gasteiger partial charge in [-0.05, 0) is 42.4 Å². The van der Waals surface area contributed by atoms with Gasteiger partial charge in [0.25, 0.3) is 0 Å². The van der Waals surface area contributed by atoms with Gasteiger partial charge in [-0.25, -0.2) is 9.59 Å². The Bertz CT molecular complexity index is 936. The molecule has 0 heterocycles. The zero-order valence-electron chi connectivity index (χ0n) is 20.8. The maximum Gasteiger partial charge on any atom is 0.409 e. The van der Waals surface area contributed by atoms with Crippen molar-refractivity contribution >= 4 is 18.1 Å².